The maximum atomic E-state index is 12.3. The average molecular weight is 278 g/mol. The summed E-state index contributed by atoms with van der Waals surface area (Å²) in [5, 5.41) is 14.2. The van der Waals surface area contributed by atoms with Crippen molar-refractivity contribution in [2.45, 2.75) is 25.3 Å². The van der Waals surface area contributed by atoms with Crippen molar-refractivity contribution < 1.29 is 14.8 Å². The summed E-state index contributed by atoms with van der Waals surface area (Å²) in [6, 6.07) is 8.55. The number of carbonyl (C=O) groups is 2. The third-order valence-corrected chi connectivity index (χ3v) is 2.86. The van der Waals surface area contributed by atoms with Crippen LogP contribution in [0.1, 0.15) is 25.3 Å². The highest BCUT2D eigenvalue weighted by Gasteiger charge is 2.33. The van der Waals surface area contributed by atoms with Crippen LogP contribution in [0.5, 0.6) is 0 Å². The van der Waals surface area contributed by atoms with E-state index in [-0.39, 0.29) is 5.84 Å². The van der Waals surface area contributed by atoms with Crippen molar-refractivity contribution in [3.63, 3.8) is 0 Å². The monoisotopic (exact) mass is 278 g/mol. The second-order valence-corrected chi connectivity index (χ2v) is 4.85. The van der Waals surface area contributed by atoms with Gasteiger partial charge in [-0.1, -0.05) is 35.5 Å². The number of nitrogens with zero attached hydrogens (tertiary/aromatic N) is 1. The van der Waals surface area contributed by atoms with Crippen LogP contribution in [0.2, 0.25) is 0 Å². The quantitative estimate of drug-likeness (QED) is 0.259. The number of benzene rings is 1. The van der Waals surface area contributed by atoms with Gasteiger partial charge in [0.1, 0.15) is 11.5 Å². The minimum atomic E-state index is -1.24. The number of amidine groups is 1. The predicted octanol–water partition coefficient (Wildman–Crippen LogP) is -0.103. The minimum Gasteiger partial charge on any atom is -0.409 e. The topological polar surface area (TPSA) is 131 Å². The fraction of sp³-hybridized carbons (Fsp3) is 0.308. The number of nitrogens with one attached hydrogen (secondary N) is 1. The first-order valence-electron chi connectivity index (χ1n) is 5.94. The number of hydrogen-bond donors (Lipinski definition) is 4. The van der Waals surface area contributed by atoms with Crippen LogP contribution in [0.25, 0.3) is 0 Å². The number of hydrogen-bond acceptors (Lipinski definition) is 4. The van der Waals surface area contributed by atoms with E-state index in [1.165, 1.54) is 13.8 Å². The van der Waals surface area contributed by atoms with Crippen molar-refractivity contribution >= 4 is 17.6 Å². The standard InChI is InChI=1S/C13H18N4O3/c1-13(2,12(15)19)16-11(18)9(10(14)17-20)8-6-4-3-5-7-8/h3-7,9,20H,1-2H3,(H2,14,17)(H2,15,19)(H,16,18). The number of rotatable bonds is 5. The molecule has 0 heterocycles. The van der Waals surface area contributed by atoms with Crippen molar-refractivity contribution in [2.24, 2.45) is 16.6 Å². The Labute approximate surface area is 116 Å². The molecule has 1 rings (SSSR count). The molecule has 1 atom stereocenters. The predicted molar refractivity (Wildman–Crippen MR) is 74.0 cm³/mol. The summed E-state index contributed by atoms with van der Waals surface area (Å²) in [7, 11) is 0. The van der Waals surface area contributed by atoms with E-state index in [1.807, 2.05) is 0 Å². The van der Waals surface area contributed by atoms with E-state index >= 15 is 0 Å². The number of oxime groups is 1. The highest BCUT2D eigenvalue weighted by Crippen LogP contribution is 2.17. The molecule has 0 aliphatic heterocycles. The molecule has 20 heavy (non-hydrogen) atoms. The third kappa shape index (κ3) is 3.47. The molecule has 1 unspecified atom stereocenters. The molecule has 7 nitrogen and oxygen atoms in total. The van der Waals surface area contributed by atoms with E-state index in [9.17, 15) is 9.59 Å². The van der Waals surface area contributed by atoms with Crippen molar-refractivity contribution in [3.05, 3.63) is 35.9 Å². The molecule has 2 amide bonds. The number of amides is 2. The first kappa shape index (κ1) is 15.5. The fourth-order valence-corrected chi connectivity index (χ4v) is 1.60. The summed E-state index contributed by atoms with van der Waals surface area (Å²) in [6.07, 6.45) is 0. The number of nitrogens with two attached hydrogens (primary N) is 2. The summed E-state index contributed by atoms with van der Waals surface area (Å²) in [5.74, 6) is -2.53. The molecule has 0 aliphatic rings. The first-order chi connectivity index (χ1) is 9.29. The lowest BCUT2D eigenvalue weighted by Gasteiger charge is -2.25. The normalized spacial score (nSPS) is 13.6. The lowest BCUT2D eigenvalue weighted by atomic mass is 9.95. The fourth-order valence-electron chi connectivity index (χ4n) is 1.60. The van der Waals surface area contributed by atoms with Crippen LogP contribution in [-0.2, 0) is 9.59 Å². The van der Waals surface area contributed by atoms with Gasteiger partial charge in [0.25, 0.3) is 0 Å². The molecular weight excluding hydrogens is 260 g/mol. The Morgan fingerprint density at radius 3 is 2.25 bits per heavy atom. The van der Waals surface area contributed by atoms with Gasteiger partial charge < -0.3 is 22.0 Å². The summed E-state index contributed by atoms with van der Waals surface area (Å²) >= 11 is 0. The van der Waals surface area contributed by atoms with Crippen LogP contribution in [0.15, 0.2) is 35.5 Å². The van der Waals surface area contributed by atoms with E-state index in [1.54, 1.807) is 30.3 Å². The molecular formula is C13H18N4O3. The van der Waals surface area contributed by atoms with Gasteiger partial charge in [-0.3, -0.25) is 9.59 Å². The molecule has 6 N–H and O–H groups in total. The van der Waals surface area contributed by atoms with Gasteiger partial charge in [0.15, 0.2) is 5.84 Å². The summed E-state index contributed by atoms with van der Waals surface area (Å²) in [4.78, 5) is 23.5. The van der Waals surface area contributed by atoms with Crippen LogP contribution in [0.4, 0.5) is 0 Å². The third-order valence-electron chi connectivity index (χ3n) is 2.86. The Bertz CT molecular complexity index is 526. The van der Waals surface area contributed by atoms with Crippen molar-refractivity contribution in [1.82, 2.24) is 5.32 Å². The lowest BCUT2D eigenvalue weighted by Crippen LogP contribution is -2.55. The highest BCUT2D eigenvalue weighted by molar-refractivity contribution is 6.08. The second-order valence-electron chi connectivity index (χ2n) is 4.85. The molecule has 108 valence electrons. The molecule has 0 fully saturated rings. The summed E-state index contributed by atoms with van der Waals surface area (Å²) in [6.45, 7) is 2.95. The Morgan fingerprint density at radius 1 is 1.25 bits per heavy atom. The molecule has 0 aromatic heterocycles. The van der Waals surface area contributed by atoms with E-state index in [2.05, 4.69) is 10.5 Å². The molecule has 0 bridgehead atoms. The Hall–Kier alpha value is -2.57. The van der Waals surface area contributed by atoms with Gasteiger partial charge in [-0.05, 0) is 19.4 Å². The van der Waals surface area contributed by atoms with Crippen LogP contribution < -0.4 is 16.8 Å². The van der Waals surface area contributed by atoms with Gasteiger partial charge >= 0.3 is 0 Å². The molecule has 0 saturated carbocycles. The van der Waals surface area contributed by atoms with Crippen molar-refractivity contribution in [3.8, 4) is 0 Å². The van der Waals surface area contributed by atoms with E-state index in [4.69, 9.17) is 16.7 Å². The Balaban J connectivity index is 3.08. The zero-order valence-corrected chi connectivity index (χ0v) is 11.3. The molecule has 7 heteroatoms. The molecule has 0 spiro atoms. The van der Waals surface area contributed by atoms with Crippen molar-refractivity contribution in [1.29, 1.82) is 0 Å². The lowest BCUT2D eigenvalue weighted by molar-refractivity contribution is -0.130. The van der Waals surface area contributed by atoms with Gasteiger partial charge in [0.05, 0.1) is 0 Å². The van der Waals surface area contributed by atoms with Gasteiger partial charge in [0, 0.05) is 0 Å². The number of primary amides is 1. The van der Waals surface area contributed by atoms with Gasteiger partial charge in [0.2, 0.25) is 11.8 Å². The maximum absolute atomic E-state index is 12.3. The smallest absolute Gasteiger partial charge is 0.242 e. The zero-order valence-electron chi connectivity index (χ0n) is 11.3. The largest absolute Gasteiger partial charge is 0.409 e. The summed E-state index contributed by atoms with van der Waals surface area (Å²) < 4.78 is 0. The zero-order chi connectivity index (χ0) is 15.3. The van der Waals surface area contributed by atoms with E-state index in [0.717, 1.165) is 0 Å². The van der Waals surface area contributed by atoms with Gasteiger partial charge in [-0.2, -0.15) is 0 Å². The number of carbonyl (C=O) groups excluding carboxylic acids is 2. The first-order valence-corrected chi connectivity index (χ1v) is 5.94. The second kappa shape index (κ2) is 6.05. The van der Waals surface area contributed by atoms with Crippen LogP contribution in [-0.4, -0.2) is 28.4 Å². The Kier molecular flexibility index (Phi) is 4.68. The SMILES string of the molecule is CC(C)(NC(=O)C(C(N)=NO)c1ccccc1)C(N)=O. The van der Waals surface area contributed by atoms with Crippen molar-refractivity contribution in [2.75, 3.05) is 0 Å². The van der Waals surface area contributed by atoms with E-state index in [0.29, 0.717) is 5.56 Å². The Morgan fingerprint density at radius 2 is 1.80 bits per heavy atom. The molecule has 1 aromatic rings. The highest BCUT2D eigenvalue weighted by atomic mass is 16.4. The maximum Gasteiger partial charge on any atom is 0.242 e. The molecule has 0 saturated heterocycles. The molecule has 0 aliphatic carbocycles. The summed E-state index contributed by atoms with van der Waals surface area (Å²) in [5.41, 5.74) is 10.1. The van der Waals surface area contributed by atoms with E-state index < -0.39 is 23.3 Å². The van der Waals surface area contributed by atoms with Gasteiger partial charge in [-0.15, -0.1) is 0 Å². The average Bonchev–Trinajstić information content (AvgIpc) is 2.39. The molecule has 0 radical (unpaired) electrons. The minimum absolute atomic E-state index is 0.269. The van der Waals surface area contributed by atoms with Crippen LogP contribution in [0, 0.1) is 0 Å². The van der Waals surface area contributed by atoms with Gasteiger partial charge in [-0.25, -0.2) is 0 Å². The van der Waals surface area contributed by atoms with Crippen LogP contribution in [0.3, 0.4) is 0 Å². The molecule has 1 aromatic carbocycles. The van der Waals surface area contributed by atoms with Crippen LogP contribution >= 0.6 is 0 Å².